The maximum atomic E-state index is 5.90. The molecule has 2 aromatic heterocycles. The highest BCUT2D eigenvalue weighted by atomic mass is 35.5. The number of nitrogens with zero attached hydrogens (tertiary/aromatic N) is 2. The van der Waals surface area contributed by atoms with Gasteiger partial charge in [0.1, 0.15) is 0 Å². The third-order valence-corrected chi connectivity index (χ3v) is 3.58. The molecule has 1 unspecified atom stereocenters. The zero-order chi connectivity index (χ0) is 11.4. The summed E-state index contributed by atoms with van der Waals surface area (Å²) in [7, 11) is 0. The molecule has 0 spiro atoms. The normalized spacial score (nSPS) is 12.9. The molecule has 0 bridgehead atoms. The number of halogens is 1. The summed E-state index contributed by atoms with van der Waals surface area (Å²) in [4.78, 5) is 4.00. The Morgan fingerprint density at radius 3 is 3.12 bits per heavy atom. The summed E-state index contributed by atoms with van der Waals surface area (Å²) >= 11 is 7.47. The molecule has 2 aromatic rings. The van der Waals surface area contributed by atoms with Gasteiger partial charge in [-0.25, -0.2) is 4.98 Å². The van der Waals surface area contributed by atoms with Crippen LogP contribution in [0.1, 0.15) is 18.5 Å². The van der Waals surface area contributed by atoms with Crippen molar-refractivity contribution in [3.63, 3.8) is 0 Å². The largest absolute Gasteiger partial charge is 0.336 e. The average Bonchev–Trinajstić information content (AvgIpc) is 2.89. The second-order valence-corrected chi connectivity index (χ2v) is 5.20. The Morgan fingerprint density at radius 2 is 2.50 bits per heavy atom. The molecule has 0 aromatic carbocycles. The van der Waals surface area contributed by atoms with Gasteiger partial charge in [0.05, 0.1) is 10.7 Å². The first-order valence-electron chi connectivity index (χ1n) is 5.19. The molecule has 0 amide bonds. The number of rotatable bonds is 5. The minimum atomic E-state index is 0.340. The van der Waals surface area contributed by atoms with Crippen LogP contribution in [0.5, 0.6) is 0 Å². The molecular formula is C11H14ClN3S. The van der Waals surface area contributed by atoms with Crippen molar-refractivity contribution in [3.8, 4) is 0 Å². The van der Waals surface area contributed by atoms with Gasteiger partial charge in [-0.15, -0.1) is 11.3 Å². The first-order chi connectivity index (χ1) is 7.75. The lowest BCUT2D eigenvalue weighted by atomic mass is 10.2. The van der Waals surface area contributed by atoms with E-state index in [1.54, 1.807) is 17.5 Å². The molecule has 0 aliphatic rings. The van der Waals surface area contributed by atoms with E-state index < -0.39 is 0 Å². The van der Waals surface area contributed by atoms with E-state index in [0.29, 0.717) is 6.04 Å². The third kappa shape index (κ3) is 3.07. The van der Waals surface area contributed by atoms with Crippen molar-refractivity contribution < 1.29 is 0 Å². The molecule has 0 fully saturated rings. The Labute approximate surface area is 104 Å². The van der Waals surface area contributed by atoms with Gasteiger partial charge in [0, 0.05) is 31.5 Å². The topological polar surface area (TPSA) is 29.9 Å². The zero-order valence-electron chi connectivity index (χ0n) is 9.06. The molecule has 2 rings (SSSR count). The second-order valence-electron chi connectivity index (χ2n) is 3.66. The van der Waals surface area contributed by atoms with Gasteiger partial charge in [0.25, 0.3) is 0 Å². The quantitative estimate of drug-likeness (QED) is 0.890. The number of imidazole rings is 1. The van der Waals surface area contributed by atoms with E-state index in [9.17, 15) is 0 Å². The number of nitrogens with one attached hydrogen (secondary N) is 1. The average molecular weight is 256 g/mol. The van der Waals surface area contributed by atoms with E-state index in [0.717, 1.165) is 17.4 Å². The minimum Gasteiger partial charge on any atom is -0.336 e. The molecule has 0 saturated carbocycles. The van der Waals surface area contributed by atoms with Gasteiger partial charge in [-0.05, 0) is 23.9 Å². The number of aromatic nitrogens is 2. The fraction of sp³-hybridized carbons (Fsp3) is 0.364. The molecule has 1 atom stereocenters. The van der Waals surface area contributed by atoms with E-state index in [4.69, 9.17) is 11.6 Å². The summed E-state index contributed by atoms with van der Waals surface area (Å²) in [6, 6.07) is 2.36. The highest BCUT2D eigenvalue weighted by molar-refractivity contribution is 7.14. The van der Waals surface area contributed by atoms with Crippen LogP contribution in [0.15, 0.2) is 30.2 Å². The van der Waals surface area contributed by atoms with Gasteiger partial charge >= 0.3 is 0 Å². The van der Waals surface area contributed by atoms with Crippen LogP contribution in [0.25, 0.3) is 0 Å². The standard InChI is InChI=1S/C11H14ClN3S/c1-9(10-6-11(12)16-7-10)14-3-5-15-4-2-13-8-15/h2,4,6-9,14H,3,5H2,1H3. The molecule has 2 heterocycles. The highest BCUT2D eigenvalue weighted by Crippen LogP contribution is 2.24. The molecule has 86 valence electrons. The van der Waals surface area contributed by atoms with Crippen molar-refractivity contribution in [3.05, 3.63) is 40.1 Å². The summed E-state index contributed by atoms with van der Waals surface area (Å²) in [5.41, 5.74) is 1.25. The van der Waals surface area contributed by atoms with E-state index in [-0.39, 0.29) is 0 Å². The summed E-state index contributed by atoms with van der Waals surface area (Å²) in [6.07, 6.45) is 5.59. The van der Waals surface area contributed by atoms with Crippen LogP contribution < -0.4 is 5.32 Å². The van der Waals surface area contributed by atoms with E-state index in [1.807, 2.05) is 18.6 Å². The maximum absolute atomic E-state index is 5.90. The van der Waals surface area contributed by atoms with Gasteiger partial charge in [-0.2, -0.15) is 0 Å². The predicted octanol–water partition coefficient (Wildman–Crippen LogP) is 2.95. The van der Waals surface area contributed by atoms with Crippen molar-refractivity contribution in [2.75, 3.05) is 6.54 Å². The van der Waals surface area contributed by atoms with Crippen LogP contribution in [0.4, 0.5) is 0 Å². The van der Waals surface area contributed by atoms with Crippen LogP contribution in [0.3, 0.4) is 0 Å². The maximum Gasteiger partial charge on any atom is 0.0946 e. The lowest BCUT2D eigenvalue weighted by molar-refractivity contribution is 0.532. The fourth-order valence-electron chi connectivity index (χ4n) is 1.50. The summed E-state index contributed by atoms with van der Waals surface area (Å²) in [6.45, 7) is 4.00. The Morgan fingerprint density at radius 1 is 1.62 bits per heavy atom. The lowest BCUT2D eigenvalue weighted by Crippen LogP contribution is -2.22. The number of hydrogen-bond acceptors (Lipinski definition) is 3. The lowest BCUT2D eigenvalue weighted by Gasteiger charge is -2.12. The van der Waals surface area contributed by atoms with Crippen LogP contribution >= 0.6 is 22.9 Å². The molecule has 5 heteroatoms. The van der Waals surface area contributed by atoms with Crippen LogP contribution in [0.2, 0.25) is 4.34 Å². The summed E-state index contributed by atoms with van der Waals surface area (Å²) < 4.78 is 2.90. The fourth-order valence-corrected chi connectivity index (χ4v) is 2.48. The molecule has 1 N–H and O–H groups in total. The van der Waals surface area contributed by atoms with Crippen molar-refractivity contribution >= 4 is 22.9 Å². The second kappa shape index (κ2) is 5.48. The predicted molar refractivity (Wildman–Crippen MR) is 68.0 cm³/mol. The van der Waals surface area contributed by atoms with Crippen molar-refractivity contribution in [2.24, 2.45) is 0 Å². The Bertz CT molecular complexity index is 424. The van der Waals surface area contributed by atoms with Gasteiger partial charge < -0.3 is 9.88 Å². The van der Waals surface area contributed by atoms with Crippen LogP contribution in [-0.2, 0) is 6.54 Å². The van der Waals surface area contributed by atoms with Crippen molar-refractivity contribution in [1.29, 1.82) is 0 Å². The number of thiophene rings is 1. The van der Waals surface area contributed by atoms with Crippen LogP contribution in [-0.4, -0.2) is 16.1 Å². The molecule has 0 aliphatic carbocycles. The first-order valence-corrected chi connectivity index (χ1v) is 6.44. The minimum absolute atomic E-state index is 0.340. The van der Waals surface area contributed by atoms with Gasteiger partial charge in [-0.3, -0.25) is 0 Å². The first kappa shape index (κ1) is 11.6. The monoisotopic (exact) mass is 255 g/mol. The smallest absolute Gasteiger partial charge is 0.0946 e. The van der Waals surface area contributed by atoms with Gasteiger partial charge in [0.2, 0.25) is 0 Å². The molecule has 0 aliphatic heterocycles. The van der Waals surface area contributed by atoms with Crippen molar-refractivity contribution in [2.45, 2.75) is 19.5 Å². The summed E-state index contributed by atoms with van der Waals surface area (Å²) in [5, 5.41) is 5.54. The molecule has 0 radical (unpaired) electrons. The van der Waals surface area contributed by atoms with Gasteiger partial charge in [-0.1, -0.05) is 11.6 Å². The van der Waals surface area contributed by atoms with E-state index in [1.165, 1.54) is 5.56 Å². The number of hydrogen-bond donors (Lipinski definition) is 1. The van der Waals surface area contributed by atoms with E-state index >= 15 is 0 Å². The zero-order valence-corrected chi connectivity index (χ0v) is 10.6. The molecule has 16 heavy (non-hydrogen) atoms. The van der Waals surface area contributed by atoms with Gasteiger partial charge in [0.15, 0.2) is 0 Å². The highest BCUT2D eigenvalue weighted by Gasteiger charge is 2.06. The SMILES string of the molecule is CC(NCCn1ccnc1)c1csc(Cl)c1. The molecule has 0 saturated heterocycles. The van der Waals surface area contributed by atoms with Crippen LogP contribution in [0, 0.1) is 0 Å². The summed E-state index contributed by atoms with van der Waals surface area (Å²) in [5.74, 6) is 0. The third-order valence-electron chi connectivity index (χ3n) is 2.47. The Kier molecular flexibility index (Phi) is 3.98. The van der Waals surface area contributed by atoms with Crippen molar-refractivity contribution in [1.82, 2.24) is 14.9 Å². The van der Waals surface area contributed by atoms with E-state index in [2.05, 4.69) is 27.2 Å². The Balaban J connectivity index is 1.78. The molecule has 3 nitrogen and oxygen atoms in total. The Hall–Kier alpha value is -0.840. The molecular weight excluding hydrogens is 242 g/mol.